The molecular weight excluding hydrogens is 144 g/mol. The maximum Gasteiger partial charge on any atom is -0.0285 e. The predicted octanol–water partition coefficient (Wildman–Crippen LogP) is 4.26. The zero-order valence-corrected chi connectivity index (χ0v) is 8.56. The van der Waals surface area contributed by atoms with Gasteiger partial charge in [0.05, 0.1) is 0 Å². The molecule has 0 rings (SSSR count). The van der Waals surface area contributed by atoms with Crippen molar-refractivity contribution >= 4 is 0 Å². The van der Waals surface area contributed by atoms with Crippen molar-refractivity contribution in [1.82, 2.24) is 0 Å². The highest BCUT2D eigenvalue weighted by atomic mass is 14.0. The van der Waals surface area contributed by atoms with Gasteiger partial charge < -0.3 is 0 Å². The standard InChI is InChI=1S/C12H20/c1-5-9-12(8-4)10-11(6-2)7-3/h6,8,10H,2,5,7,9H2,1,3-4H3/b11-10+,12-8-. The van der Waals surface area contributed by atoms with Crippen LogP contribution in [0.1, 0.15) is 40.0 Å². The molecule has 0 saturated carbocycles. The number of allylic oxidation sites excluding steroid dienone is 5. The zero-order valence-electron chi connectivity index (χ0n) is 8.56. The van der Waals surface area contributed by atoms with Crippen LogP contribution in [0.4, 0.5) is 0 Å². The predicted molar refractivity (Wildman–Crippen MR) is 57.2 cm³/mol. The van der Waals surface area contributed by atoms with Crippen LogP contribution in [-0.2, 0) is 0 Å². The fraction of sp³-hybridized carbons (Fsp3) is 0.500. The molecule has 68 valence electrons. The molecule has 0 aliphatic heterocycles. The fourth-order valence-electron chi connectivity index (χ4n) is 1.13. The van der Waals surface area contributed by atoms with Crippen LogP contribution in [0.2, 0.25) is 0 Å². The van der Waals surface area contributed by atoms with E-state index in [0.717, 1.165) is 6.42 Å². The molecule has 0 bridgehead atoms. The first kappa shape index (κ1) is 11.2. The minimum absolute atomic E-state index is 1.07. The highest BCUT2D eigenvalue weighted by Crippen LogP contribution is 2.11. The zero-order chi connectivity index (χ0) is 9.40. The van der Waals surface area contributed by atoms with Crippen molar-refractivity contribution in [2.75, 3.05) is 0 Å². The van der Waals surface area contributed by atoms with Crippen molar-refractivity contribution in [2.24, 2.45) is 0 Å². The summed E-state index contributed by atoms with van der Waals surface area (Å²) in [6, 6.07) is 0. The quantitative estimate of drug-likeness (QED) is 0.533. The average Bonchev–Trinajstić information content (AvgIpc) is 2.12. The van der Waals surface area contributed by atoms with E-state index in [4.69, 9.17) is 0 Å². The monoisotopic (exact) mass is 164 g/mol. The molecular formula is C12H20. The molecule has 0 aromatic heterocycles. The first-order valence-corrected chi connectivity index (χ1v) is 4.76. The molecule has 0 atom stereocenters. The lowest BCUT2D eigenvalue weighted by Crippen LogP contribution is -1.80. The lowest BCUT2D eigenvalue weighted by molar-refractivity contribution is 0.920. The van der Waals surface area contributed by atoms with Gasteiger partial charge >= 0.3 is 0 Å². The van der Waals surface area contributed by atoms with E-state index in [1.807, 2.05) is 6.08 Å². The second-order valence-corrected chi connectivity index (χ2v) is 2.89. The van der Waals surface area contributed by atoms with Gasteiger partial charge in [-0.2, -0.15) is 0 Å². The SMILES string of the molecule is C=C/C(=C\C(=C/C)CCC)CC. The van der Waals surface area contributed by atoms with Gasteiger partial charge in [0.25, 0.3) is 0 Å². The van der Waals surface area contributed by atoms with Crippen molar-refractivity contribution < 1.29 is 0 Å². The molecule has 0 nitrogen and oxygen atoms in total. The van der Waals surface area contributed by atoms with E-state index in [2.05, 4.69) is 39.5 Å². The summed E-state index contributed by atoms with van der Waals surface area (Å²) < 4.78 is 0. The highest BCUT2D eigenvalue weighted by molar-refractivity contribution is 5.28. The van der Waals surface area contributed by atoms with Crippen molar-refractivity contribution in [3.8, 4) is 0 Å². The first-order valence-electron chi connectivity index (χ1n) is 4.76. The topological polar surface area (TPSA) is 0 Å². The Kier molecular flexibility index (Phi) is 6.45. The Bertz CT molecular complexity index is 182. The summed E-state index contributed by atoms with van der Waals surface area (Å²) in [6.07, 6.45) is 9.83. The van der Waals surface area contributed by atoms with E-state index in [1.54, 1.807) is 0 Å². The maximum absolute atomic E-state index is 3.78. The normalized spacial score (nSPS) is 13.2. The van der Waals surface area contributed by atoms with Gasteiger partial charge in [0.2, 0.25) is 0 Å². The van der Waals surface area contributed by atoms with Gasteiger partial charge in [-0.25, -0.2) is 0 Å². The van der Waals surface area contributed by atoms with Gasteiger partial charge in [-0.3, -0.25) is 0 Å². The third-order valence-electron chi connectivity index (χ3n) is 1.95. The lowest BCUT2D eigenvalue weighted by atomic mass is 10.1. The molecule has 0 amide bonds. The van der Waals surface area contributed by atoms with Crippen LogP contribution in [0.5, 0.6) is 0 Å². The summed E-state index contributed by atoms with van der Waals surface area (Å²) in [5.74, 6) is 0. The summed E-state index contributed by atoms with van der Waals surface area (Å²) in [5.41, 5.74) is 2.76. The summed E-state index contributed by atoms with van der Waals surface area (Å²) >= 11 is 0. The molecule has 12 heavy (non-hydrogen) atoms. The number of rotatable bonds is 5. The second kappa shape index (κ2) is 6.90. The molecule has 0 heteroatoms. The molecule has 0 N–H and O–H groups in total. The summed E-state index contributed by atoms with van der Waals surface area (Å²) in [6.45, 7) is 10.2. The average molecular weight is 164 g/mol. The van der Waals surface area contributed by atoms with Gasteiger partial charge in [0.1, 0.15) is 0 Å². The Morgan fingerprint density at radius 2 is 1.92 bits per heavy atom. The molecule has 0 aromatic carbocycles. The summed E-state index contributed by atoms with van der Waals surface area (Å²) in [4.78, 5) is 0. The Hall–Kier alpha value is -0.780. The van der Waals surface area contributed by atoms with Crippen LogP contribution < -0.4 is 0 Å². The van der Waals surface area contributed by atoms with Crippen LogP contribution in [0.3, 0.4) is 0 Å². The Morgan fingerprint density at radius 3 is 2.25 bits per heavy atom. The van der Waals surface area contributed by atoms with Crippen molar-refractivity contribution in [3.05, 3.63) is 36.0 Å². The third-order valence-corrected chi connectivity index (χ3v) is 1.95. The van der Waals surface area contributed by atoms with Crippen LogP contribution in [0.25, 0.3) is 0 Å². The van der Waals surface area contributed by atoms with Gasteiger partial charge in [0, 0.05) is 0 Å². The van der Waals surface area contributed by atoms with E-state index in [0.29, 0.717) is 0 Å². The molecule has 0 unspecified atom stereocenters. The third kappa shape index (κ3) is 4.17. The lowest BCUT2D eigenvalue weighted by Gasteiger charge is -2.01. The smallest absolute Gasteiger partial charge is 0.0285 e. The highest BCUT2D eigenvalue weighted by Gasteiger charge is 1.91. The van der Waals surface area contributed by atoms with Crippen molar-refractivity contribution in [2.45, 2.75) is 40.0 Å². The van der Waals surface area contributed by atoms with E-state index in [1.165, 1.54) is 24.0 Å². The second-order valence-electron chi connectivity index (χ2n) is 2.89. The van der Waals surface area contributed by atoms with Gasteiger partial charge in [0.15, 0.2) is 0 Å². The van der Waals surface area contributed by atoms with Gasteiger partial charge in [-0.1, -0.05) is 50.6 Å². The molecule has 0 aliphatic rings. The van der Waals surface area contributed by atoms with Crippen LogP contribution in [0, 0.1) is 0 Å². The molecule has 0 fully saturated rings. The van der Waals surface area contributed by atoms with E-state index < -0.39 is 0 Å². The first-order chi connectivity index (χ1) is 5.78. The molecule has 0 radical (unpaired) electrons. The summed E-state index contributed by atoms with van der Waals surface area (Å²) in [5, 5.41) is 0. The van der Waals surface area contributed by atoms with Crippen molar-refractivity contribution in [1.29, 1.82) is 0 Å². The molecule has 0 aliphatic carbocycles. The van der Waals surface area contributed by atoms with Crippen LogP contribution in [0.15, 0.2) is 36.0 Å². The number of hydrogen-bond donors (Lipinski definition) is 0. The Labute approximate surface area is 76.7 Å². The van der Waals surface area contributed by atoms with E-state index in [9.17, 15) is 0 Å². The van der Waals surface area contributed by atoms with E-state index >= 15 is 0 Å². The molecule has 0 spiro atoms. The fourth-order valence-corrected chi connectivity index (χ4v) is 1.13. The minimum Gasteiger partial charge on any atom is -0.0988 e. The molecule has 0 aromatic rings. The molecule has 0 saturated heterocycles. The van der Waals surface area contributed by atoms with Gasteiger partial charge in [-0.05, 0) is 25.3 Å². The Morgan fingerprint density at radius 1 is 1.25 bits per heavy atom. The van der Waals surface area contributed by atoms with Gasteiger partial charge in [-0.15, -0.1) is 0 Å². The minimum atomic E-state index is 1.07. The summed E-state index contributed by atoms with van der Waals surface area (Å²) in [7, 11) is 0. The molecule has 0 heterocycles. The number of hydrogen-bond acceptors (Lipinski definition) is 0. The van der Waals surface area contributed by atoms with Crippen LogP contribution >= 0.6 is 0 Å². The van der Waals surface area contributed by atoms with E-state index in [-0.39, 0.29) is 0 Å². The Balaban J connectivity index is 4.33. The van der Waals surface area contributed by atoms with Crippen LogP contribution in [-0.4, -0.2) is 0 Å². The largest absolute Gasteiger partial charge is 0.0988 e. The van der Waals surface area contributed by atoms with Crippen molar-refractivity contribution in [3.63, 3.8) is 0 Å². The maximum atomic E-state index is 3.78.